The van der Waals surface area contributed by atoms with E-state index in [9.17, 15) is 18.0 Å². The van der Waals surface area contributed by atoms with Crippen LogP contribution in [0.1, 0.15) is 15.9 Å². The van der Waals surface area contributed by atoms with E-state index >= 15 is 0 Å². The second-order valence-corrected chi connectivity index (χ2v) is 4.25. The van der Waals surface area contributed by atoms with Crippen molar-refractivity contribution in [3.63, 3.8) is 0 Å². The molecule has 0 saturated heterocycles. The largest absolute Gasteiger partial charge is 0.573 e. The quantitative estimate of drug-likeness (QED) is 0.613. The van der Waals surface area contributed by atoms with Crippen molar-refractivity contribution in [1.29, 1.82) is 0 Å². The first-order valence-corrected chi connectivity index (χ1v) is 6.01. The topological polar surface area (TPSA) is 26.3 Å². The predicted molar refractivity (Wildman–Crippen MR) is 72.9 cm³/mol. The second-order valence-electron chi connectivity index (χ2n) is 4.25. The molecule has 0 unspecified atom stereocenters. The van der Waals surface area contributed by atoms with Gasteiger partial charge >= 0.3 is 6.36 Å². The van der Waals surface area contributed by atoms with Gasteiger partial charge in [0.1, 0.15) is 5.75 Å². The van der Waals surface area contributed by atoms with Crippen LogP contribution in [0.2, 0.25) is 0 Å². The highest BCUT2D eigenvalue weighted by atomic mass is 19.4. The van der Waals surface area contributed by atoms with Crippen molar-refractivity contribution in [3.8, 4) is 5.75 Å². The van der Waals surface area contributed by atoms with Gasteiger partial charge in [-0.05, 0) is 29.8 Å². The number of Topliss-reactive ketones (excluding diaryl/α,β-unsaturated/α-hetero) is 1. The first kappa shape index (κ1) is 14.8. The Morgan fingerprint density at radius 2 is 1.48 bits per heavy atom. The van der Waals surface area contributed by atoms with Crippen LogP contribution in [0.25, 0.3) is 5.57 Å². The molecule has 5 heteroatoms. The maximum absolute atomic E-state index is 12.2. The van der Waals surface area contributed by atoms with E-state index in [-0.39, 0.29) is 22.7 Å². The summed E-state index contributed by atoms with van der Waals surface area (Å²) in [7, 11) is 0. The van der Waals surface area contributed by atoms with Crippen LogP contribution in [-0.4, -0.2) is 12.1 Å². The summed E-state index contributed by atoms with van der Waals surface area (Å²) in [4.78, 5) is 12.2. The Bertz CT molecular complexity index is 643. The fraction of sp³-hybridized carbons (Fsp3) is 0.0625. The van der Waals surface area contributed by atoms with Crippen LogP contribution >= 0.6 is 0 Å². The third-order valence-electron chi connectivity index (χ3n) is 2.75. The van der Waals surface area contributed by atoms with Gasteiger partial charge in [0.05, 0.1) is 0 Å². The summed E-state index contributed by atoms with van der Waals surface area (Å²) in [6.07, 6.45) is -4.75. The molecule has 2 nitrogen and oxygen atoms in total. The summed E-state index contributed by atoms with van der Waals surface area (Å²) < 4.78 is 39.9. The number of ether oxygens (including phenoxy) is 1. The summed E-state index contributed by atoms with van der Waals surface area (Å²) in [5.41, 5.74) is 1.19. The number of alkyl halides is 3. The van der Waals surface area contributed by atoms with Crippen LogP contribution in [0.3, 0.4) is 0 Å². The minimum absolute atomic E-state index is 0.248. The van der Waals surface area contributed by atoms with Crippen LogP contribution in [0.5, 0.6) is 5.75 Å². The lowest BCUT2D eigenvalue weighted by molar-refractivity contribution is -0.274. The van der Waals surface area contributed by atoms with Gasteiger partial charge < -0.3 is 4.74 Å². The Kier molecular flexibility index (Phi) is 4.12. The summed E-state index contributed by atoms with van der Waals surface area (Å²) in [6.45, 7) is 3.72. The van der Waals surface area contributed by atoms with E-state index in [2.05, 4.69) is 11.3 Å². The van der Waals surface area contributed by atoms with E-state index in [1.54, 1.807) is 24.3 Å². The van der Waals surface area contributed by atoms with Crippen molar-refractivity contribution >= 4 is 11.4 Å². The van der Waals surface area contributed by atoms with E-state index in [1.807, 2.05) is 6.07 Å². The second kappa shape index (κ2) is 5.83. The third kappa shape index (κ3) is 3.95. The van der Waals surface area contributed by atoms with Gasteiger partial charge in [0.2, 0.25) is 0 Å². The van der Waals surface area contributed by atoms with Crippen molar-refractivity contribution in [1.82, 2.24) is 0 Å². The molecule has 21 heavy (non-hydrogen) atoms. The molecule has 0 aliphatic heterocycles. The van der Waals surface area contributed by atoms with Gasteiger partial charge in [-0.25, -0.2) is 0 Å². The van der Waals surface area contributed by atoms with Gasteiger partial charge in [-0.15, -0.1) is 13.2 Å². The Hall–Kier alpha value is -2.56. The number of carbonyl (C=O) groups is 1. The molecule has 0 N–H and O–H groups in total. The lowest BCUT2D eigenvalue weighted by Gasteiger charge is -2.09. The molecule has 0 saturated carbocycles. The number of allylic oxidation sites excluding steroid dienone is 1. The minimum Gasteiger partial charge on any atom is -0.406 e. The molecule has 2 aromatic rings. The molecule has 0 spiro atoms. The summed E-state index contributed by atoms with van der Waals surface area (Å²) >= 11 is 0. The molecule has 2 rings (SSSR count). The maximum atomic E-state index is 12.2. The van der Waals surface area contributed by atoms with E-state index in [1.165, 1.54) is 12.1 Å². The number of ketones is 1. The standard InChI is InChI=1S/C16H11F3O2/c1-11(12-5-3-2-4-6-12)15(20)13-7-9-14(10-8-13)21-16(17,18)19/h2-10H,1H2. The van der Waals surface area contributed by atoms with E-state index in [0.717, 1.165) is 12.1 Å². The number of hydrogen-bond acceptors (Lipinski definition) is 2. The van der Waals surface area contributed by atoms with Crippen molar-refractivity contribution in [2.45, 2.75) is 6.36 Å². The van der Waals surface area contributed by atoms with Gasteiger partial charge in [-0.3, -0.25) is 4.79 Å². The molecule has 0 aliphatic rings. The molecule has 2 aromatic carbocycles. The Morgan fingerprint density at radius 1 is 0.905 bits per heavy atom. The Morgan fingerprint density at radius 3 is 2.00 bits per heavy atom. The molecule has 0 fully saturated rings. The summed E-state index contributed by atoms with van der Waals surface area (Å²) in [6, 6.07) is 13.6. The molecule has 0 aromatic heterocycles. The van der Waals surface area contributed by atoms with E-state index < -0.39 is 6.36 Å². The van der Waals surface area contributed by atoms with Crippen molar-refractivity contribution in [2.75, 3.05) is 0 Å². The number of benzene rings is 2. The third-order valence-corrected chi connectivity index (χ3v) is 2.75. The number of hydrogen-bond donors (Lipinski definition) is 0. The minimum atomic E-state index is -4.75. The average Bonchev–Trinajstić information content (AvgIpc) is 2.46. The highest BCUT2D eigenvalue weighted by Gasteiger charge is 2.31. The molecule has 0 atom stereocenters. The summed E-state index contributed by atoms with van der Waals surface area (Å²) in [5.74, 6) is -0.718. The zero-order valence-corrected chi connectivity index (χ0v) is 10.9. The van der Waals surface area contributed by atoms with Gasteiger partial charge in [-0.2, -0.15) is 0 Å². The number of halogens is 3. The molecular formula is C16H11F3O2. The number of rotatable bonds is 4. The maximum Gasteiger partial charge on any atom is 0.573 e. The van der Waals surface area contributed by atoms with E-state index in [0.29, 0.717) is 5.56 Å². The first-order valence-electron chi connectivity index (χ1n) is 6.01. The Balaban J connectivity index is 2.15. The number of carbonyl (C=O) groups excluding carboxylic acids is 1. The Labute approximate surface area is 119 Å². The van der Waals surface area contributed by atoms with Crippen LogP contribution in [0.15, 0.2) is 61.2 Å². The molecular weight excluding hydrogens is 281 g/mol. The lowest BCUT2D eigenvalue weighted by Crippen LogP contribution is -2.17. The highest BCUT2D eigenvalue weighted by molar-refractivity contribution is 6.28. The van der Waals surface area contributed by atoms with Gasteiger partial charge in [0.25, 0.3) is 0 Å². The molecule has 0 bridgehead atoms. The fourth-order valence-corrected chi connectivity index (χ4v) is 1.75. The molecule has 0 amide bonds. The molecule has 108 valence electrons. The van der Waals surface area contributed by atoms with Crippen molar-refractivity contribution < 1.29 is 22.7 Å². The molecule has 0 heterocycles. The van der Waals surface area contributed by atoms with E-state index in [4.69, 9.17) is 0 Å². The van der Waals surface area contributed by atoms with Crippen LogP contribution in [0, 0.1) is 0 Å². The fourth-order valence-electron chi connectivity index (χ4n) is 1.75. The predicted octanol–water partition coefficient (Wildman–Crippen LogP) is 4.48. The SMILES string of the molecule is C=C(C(=O)c1ccc(OC(F)(F)F)cc1)c1ccccc1. The molecule has 0 radical (unpaired) electrons. The smallest absolute Gasteiger partial charge is 0.406 e. The van der Waals surface area contributed by atoms with Gasteiger partial charge in [0.15, 0.2) is 5.78 Å². The monoisotopic (exact) mass is 292 g/mol. The summed E-state index contributed by atoms with van der Waals surface area (Å²) in [5, 5.41) is 0. The average molecular weight is 292 g/mol. The zero-order valence-electron chi connectivity index (χ0n) is 10.9. The zero-order chi connectivity index (χ0) is 15.5. The van der Waals surface area contributed by atoms with Crippen molar-refractivity contribution in [3.05, 3.63) is 72.3 Å². The van der Waals surface area contributed by atoms with Gasteiger partial charge in [-0.1, -0.05) is 36.9 Å². The van der Waals surface area contributed by atoms with Crippen LogP contribution in [0.4, 0.5) is 13.2 Å². The first-order chi connectivity index (χ1) is 9.87. The van der Waals surface area contributed by atoms with Crippen molar-refractivity contribution in [2.24, 2.45) is 0 Å². The lowest BCUT2D eigenvalue weighted by atomic mass is 9.98. The highest BCUT2D eigenvalue weighted by Crippen LogP contribution is 2.24. The van der Waals surface area contributed by atoms with Crippen LogP contribution < -0.4 is 4.74 Å². The van der Waals surface area contributed by atoms with Crippen LogP contribution in [-0.2, 0) is 0 Å². The normalized spacial score (nSPS) is 11.0. The van der Waals surface area contributed by atoms with Gasteiger partial charge in [0, 0.05) is 11.1 Å². The molecule has 0 aliphatic carbocycles.